The number of ether oxygens (including phenoxy) is 1. The van der Waals surface area contributed by atoms with E-state index in [2.05, 4.69) is 20.5 Å². The lowest BCUT2D eigenvalue weighted by atomic mass is 10.1. The third-order valence-electron chi connectivity index (χ3n) is 3.27. The molecule has 0 bridgehead atoms. The Balaban J connectivity index is 1.48. The topological polar surface area (TPSA) is 62.8 Å². The van der Waals surface area contributed by atoms with Gasteiger partial charge in [0.15, 0.2) is 0 Å². The molecular formula is C17H18N4O. The normalized spacial score (nSPS) is 10.5. The summed E-state index contributed by atoms with van der Waals surface area (Å²) >= 11 is 0. The van der Waals surface area contributed by atoms with Crippen molar-refractivity contribution in [3.8, 4) is 17.0 Å². The third-order valence-corrected chi connectivity index (χ3v) is 3.27. The Hall–Kier alpha value is -2.66. The van der Waals surface area contributed by atoms with Gasteiger partial charge in [0.25, 0.3) is 0 Å². The van der Waals surface area contributed by atoms with Crippen molar-refractivity contribution >= 4 is 0 Å². The lowest BCUT2D eigenvalue weighted by Crippen LogP contribution is -2.20. The first-order valence-corrected chi connectivity index (χ1v) is 7.25. The Morgan fingerprint density at radius 2 is 1.95 bits per heavy atom. The largest absolute Gasteiger partial charge is 0.492 e. The zero-order valence-electron chi connectivity index (χ0n) is 12.2. The number of pyridine rings is 1. The summed E-state index contributed by atoms with van der Waals surface area (Å²) in [6.07, 6.45) is 5.43. The van der Waals surface area contributed by atoms with Crippen molar-refractivity contribution in [1.29, 1.82) is 0 Å². The second kappa shape index (κ2) is 7.38. The molecule has 0 spiro atoms. The predicted molar refractivity (Wildman–Crippen MR) is 85.5 cm³/mol. The van der Waals surface area contributed by atoms with Crippen LogP contribution in [0, 0.1) is 0 Å². The Kier molecular flexibility index (Phi) is 4.79. The molecule has 3 aromatic rings. The first kappa shape index (κ1) is 14.3. The maximum Gasteiger partial charge on any atom is 0.119 e. The summed E-state index contributed by atoms with van der Waals surface area (Å²) in [4.78, 5) is 4.14. The molecule has 0 aliphatic heterocycles. The van der Waals surface area contributed by atoms with E-state index in [1.165, 1.54) is 0 Å². The SMILES string of the molecule is c1ccc(OCCNCc2cn[nH]c2-c2cccnc2)cc1. The van der Waals surface area contributed by atoms with Crippen LogP contribution in [-0.2, 0) is 6.54 Å². The molecule has 0 unspecified atom stereocenters. The molecule has 0 radical (unpaired) electrons. The monoisotopic (exact) mass is 294 g/mol. The Labute approximate surface area is 129 Å². The van der Waals surface area contributed by atoms with Crippen LogP contribution in [0.1, 0.15) is 5.56 Å². The first-order chi connectivity index (χ1) is 10.9. The minimum absolute atomic E-state index is 0.629. The van der Waals surface area contributed by atoms with E-state index in [9.17, 15) is 0 Å². The molecule has 0 saturated heterocycles. The minimum Gasteiger partial charge on any atom is -0.492 e. The highest BCUT2D eigenvalue weighted by molar-refractivity contribution is 5.61. The average Bonchev–Trinajstić information content (AvgIpc) is 3.05. The van der Waals surface area contributed by atoms with Crippen molar-refractivity contribution in [1.82, 2.24) is 20.5 Å². The summed E-state index contributed by atoms with van der Waals surface area (Å²) in [7, 11) is 0. The van der Waals surface area contributed by atoms with E-state index in [-0.39, 0.29) is 0 Å². The molecule has 2 N–H and O–H groups in total. The van der Waals surface area contributed by atoms with E-state index in [1.54, 1.807) is 6.20 Å². The van der Waals surface area contributed by atoms with Crippen LogP contribution in [-0.4, -0.2) is 28.3 Å². The van der Waals surface area contributed by atoms with Crippen LogP contribution in [0.3, 0.4) is 0 Å². The van der Waals surface area contributed by atoms with Crippen LogP contribution in [0.25, 0.3) is 11.3 Å². The van der Waals surface area contributed by atoms with Crippen molar-refractivity contribution < 1.29 is 4.74 Å². The van der Waals surface area contributed by atoms with Gasteiger partial charge in [0, 0.05) is 36.6 Å². The molecule has 0 amide bonds. The molecule has 22 heavy (non-hydrogen) atoms. The number of aromatic nitrogens is 3. The maximum atomic E-state index is 5.64. The molecule has 3 rings (SSSR count). The van der Waals surface area contributed by atoms with E-state index in [0.29, 0.717) is 6.61 Å². The number of hydrogen-bond donors (Lipinski definition) is 2. The van der Waals surface area contributed by atoms with E-state index < -0.39 is 0 Å². The number of nitrogens with one attached hydrogen (secondary N) is 2. The lowest BCUT2D eigenvalue weighted by Gasteiger charge is -2.07. The molecule has 1 aromatic carbocycles. The number of hydrogen-bond acceptors (Lipinski definition) is 4. The quantitative estimate of drug-likeness (QED) is 0.658. The molecule has 0 saturated carbocycles. The zero-order valence-corrected chi connectivity index (χ0v) is 12.2. The summed E-state index contributed by atoms with van der Waals surface area (Å²) in [6, 6.07) is 13.8. The molecule has 2 aromatic heterocycles. The van der Waals surface area contributed by atoms with Crippen LogP contribution in [0.4, 0.5) is 0 Å². The Bertz CT molecular complexity index is 682. The van der Waals surface area contributed by atoms with Crippen molar-refractivity contribution in [2.75, 3.05) is 13.2 Å². The van der Waals surface area contributed by atoms with Gasteiger partial charge < -0.3 is 10.1 Å². The Morgan fingerprint density at radius 1 is 1.05 bits per heavy atom. The van der Waals surface area contributed by atoms with Crippen molar-refractivity contribution in [2.24, 2.45) is 0 Å². The van der Waals surface area contributed by atoms with Gasteiger partial charge in [-0.1, -0.05) is 18.2 Å². The van der Waals surface area contributed by atoms with Gasteiger partial charge in [0.2, 0.25) is 0 Å². The van der Waals surface area contributed by atoms with Crippen LogP contribution < -0.4 is 10.1 Å². The smallest absolute Gasteiger partial charge is 0.119 e. The Morgan fingerprint density at radius 3 is 2.77 bits per heavy atom. The van der Waals surface area contributed by atoms with Crippen molar-refractivity contribution in [3.05, 3.63) is 66.6 Å². The number of benzene rings is 1. The second-order valence-electron chi connectivity index (χ2n) is 4.85. The van der Waals surface area contributed by atoms with Crippen molar-refractivity contribution in [3.63, 3.8) is 0 Å². The summed E-state index contributed by atoms with van der Waals surface area (Å²) in [5.74, 6) is 0.892. The number of rotatable bonds is 7. The van der Waals surface area contributed by atoms with Gasteiger partial charge in [-0.3, -0.25) is 10.1 Å². The van der Waals surface area contributed by atoms with Crippen molar-refractivity contribution in [2.45, 2.75) is 6.54 Å². The van der Waals surface area contributed by atoms with E-state index in [0.717, 1.165) is 35.7 Å². The van der Waals surface area contributed by atoms with E-state index >= 15 is 0 Å². The molecular weight excluding hydrogens is 276 g/mol. The fourth-order valence-electron chi connectivity index (χ4n) is 2.19. The van der Waals surface area contributed by atoms with Gasteiger partial charge in [-0.2, -0.15) is 5.10 Å². The standard InChI is InChI=1S/C17H18N4O/c1-2-6-16(7-3-1)22-10-9-19-12-15-13-20-21-17(15)14-5-4-8-18-11-14/h1-8,11,13,19H,9-10,12H2,(H,20,21). The van der Waals surface area contributed by atoms with Crippen LogP contribution in [0.5, 0.6) is 5.75 Å². The van der Waals surface area contributed by atoms with E-state index in [1.807, 2.05) is 54.9 Å². The zero-order chi connectivity index (χ0) is 15.0. The maximum absolute atomic E-state index is 5.64. The highest BCUT2D eigenvalue weighted by Crippen LogP contribution is 2.19. The second-order valence-corrected chi connectivity index (χ2v) is 4.85. The van der Waals surface area contributed by atoms with Gasteiger partial charge in [0.1, 0.15) is 12.4 Å². The summed E-state index contributed by atoms with van der Waals surface area (Å²) in [5, 5.41) is 10.5. The highest BCUT2D eigenvalue weighted by Gasteiger charge is 2.07. The van der Waals surface area contributed by atoms with Gasteiger partial charge in [-0.25, -0.2) is 0 Å². The number of H-pyrrole nitrogens is 1. The number of aromatic amines is 1. The molecule has 5 heteroatoms. The summed E-state index contributed by atoms with van der Waals surface area (Å²) in [6.45, 7) is 2.13. The number of nitrogens with zero attached hydrogens (tertiary/aromatic N) is 2. The first-order valence-electron chi connectivity index (χ1n) is 7.25. The van der Waals surface area contributed by atoms with Gasteiger partial charge in [-0.15, -0.1) is 0 Å². The van der Waals surface area contributed by atoms with Gasteiger partial charge in [0.05, 0.1) is 11.9 Å². The summed E-state index contributed by atoms with van der Waals surface area (Å²) in [5.41, 5.74) is 3.16. The molecule has 0 fully saturated rings. The fourth-order valence-corrected chi connectivity index (χ4v) is 2.19. The molecule has 0 aliphatic carbocycles. The molecule has 112 valence electrons. The highest BCUT2D eigenvalue weighted by atomic mass is 16.5. The van der Waals surface area contributed by atoms with E-state index in [4.69, 9.17) is 4.74 Å². The predicted octanol–water partition coefficient (Wildman–Crippen LogP) is 2.64. The van der Waals surface area contributed by atoms with Gasteiger partial charge >= 0.3 is 0 Å². The van der Waals surface area contributed by atoms with Gasteiger partial charge in [-0.05, 0) is 24.3 Å². The lowest BCUT2D eigenvalue weighted by molar-refractivity contribution is 0.313. The molecule has 5 nitrogen and oxygen atoms in total. The van der Waals surface area contributed by atoms with Crippen LogP contribution in [0.15, 0.2) is 61.1 Å². The molecule has 0 aliphatic rings. The average molecular weight is 294 g/mol. The van der Waals surface area contributed by atoms with Crippen LogP contribution >= 0.6 is 0 Å². The fraction of sp³-hybridized carbons (Fsp3) is 0.176. The van der Waals surface area contributed by atoms with Crippen LogP contribution in [0.2, 0.25) is 0 Å². The summed E-state index contributed by atoms with van der Waals surface area (Å²) < 4.78 is 5.64. The third kappa shape index (κ3) is 3.71. The molecule has 0 atom stereocenters. The minimum atomic E-state index is 0.629. The number of para-hydroxylation sites is 1. The molecule has 2 heterocycles.